The number of hydrogen-bond acceptors (Lipinski definition) is 2. The van der Waals surface area contributed by atoms with Gasteiger partial charge in [0.25, 0.3) is 0 Å². The van der Waals surface area contributed by atoms with Crippen LogP contribution in [-0.2, 0) is 6.42 Å². The van der Waals surface area contributed by atoms with Crippen LogP contribution < -0.4 is 5.73 Å². The highest BCUT2D eigenvalue weighted by Gasteiger charge is 2.09. The predicted molar refractivity (Wildman–Crippen MR) is 66.5 cm³/mol. The van der Waals surface area contributed by atoms with Crippen LogP contribution in [0.1, 0.15) is 11.3 Å². The van der Waals surface area contributed by atoms with Gasteiger partial charge in [-0.05, 0) is 31.2 Å². The Bertz CT molecular complexity index is 474. The molecule has 0 aliphatic rings. The molecule has 3 nitrogen and oxygen atoms in total. The molecule has 84 valence electrons. The van der Waals surface area contributed by atoms with Crippen LogP contribution in [0, 0.1) is 6.92 Å². The van der Waals surface area contributed by atoms with Crippen molar-refractivity contribution < 1.29 is 0 Å². The zero-order chi connectivity index (χ0) is 11.5. The molecule has 2 rings (SSSR count). The summed E-state index contributed by atoms with van der Waals surface area (Å²) in [5, 5.41) is 8.07. The van der Waals surface area contributed by atoms with E-state index in [0.717, 1.165) is 34.0 Å². The van der Waals surface area contributed by atoms with Crippen LogP contribution in [0.2, 0.25) is 5.02 Å². The van der Waals surface area contributed by atoms with Gasteiger partial charge < -0.3 is 5.73 Å². The molecular weight excluding hydrogens is 222 g/mol. The quantitative estimate of drug-likeness (QED) is 0.859. The van der Waals surface area contributed by atoms with E-state index < -0.39 is 0 Å². The summed E-state index contributed by atoms with van der Waals surface area (Å²) in [4.78, 5) is 0. The van der Waals surface area contributed by atoms with Gasteiger partial charge in [0.05, 0.1) is 5.69 Å². The van der Waals surface area contributed by atoms with Crippen molar-refractivity contribution in [1.82, 2.24) is 10.2 Å². The van der Waals surface area contributed by atoms with Gasteiger partial charge in [-0.25, -0.2) is 0 Å². The first-order valence-electron chi connectivity index (χ1n) is 5.22. The van der Waals surface area contributed by atoms with Crippen LogP contribution in [0.15, 0.2) is 24.3 Å². The molecule has 3 N–H and O–H groups in total. The number of H-pyrrole nitrogens is 1. The van der Waals surface area contributed by atoms with Crippen LogP contribution in [0.3, 0.4) is 0 Å². The number of rotatable bonds is 3. The minimum Gasteiger partial charge on any atom is -0.330 e. The molecule has 1 heterocycles. The Morgan fingerprint density at radius 3 is 2.62 bits per heavy atom. The van der Waals surface area contributed by atoms with E-state index in [1.165, 1.54) is 0 Å². The van der Waals surface area contributed by atoms with Crippen LogP contribution in [-0.4, -0.2) is 16.7 Å². The molecule has 2 aromatic rings. The summed E-state index contributed by atoms with van der Waals surface area (Å²) in [5.41, 5.74) is 9.84. The molecule has 1 aromatic heterocycles. The standard InChI is InChI=1S/C12H14ClN3/c1-8-11(6-7-14)15-16-12(8)9-2-4-10(13)5-3-9/h2-5H,6-7,14H2,1H3,(H,15,16). The van der Waals surface area contributed by atoms with E-state index in [9.17, 15) is 0 Å². The fourth-order valence-corrected chi connectivity index (χ4v) is 1.84. The van der Waals surface area contributed by atoms with E-state index in [1.807, 2.05) is 24.3 Å². The minimum absolute atomic E-state index is 0.628. The molecule has 0 bridgehead atoms. The highest BCUT2D eigenvalue weighted by Crippen LogP contribution is 2.24. The lowest BCUT2D eigenvalue weighted by Crippen LogP contribution is -2.03. The van der Waals surface area contributed by atoms with Gasteiger partial charge in [0.2, 0.25) is 0 Å². The molecule has 1 aromatic carbocycles. The highest BCUT2D eigenvalue weighted by molar-refractivity contribution is 6.30. The Labute approximate surface area is 99.6 Å². The van der Waals surface area contributed by atoms with Gasteiger partial charge >= 0.3 is 0 Å². The number of benzene rings is 1. The van der Waals surface area contributed by atoms with Gasteiger partial charge in [0, 0.05) is 22.7 Å². The molecule has 0 aliphatic carbocycles. The molecule has 4 heteroatoms. The Morgan fingerprint density at radius 1 is 1.31 bits per heavy atom. The molecule has 0 aliphatic heterocycles. The van der Waals surface area contributed by atoms with Gasteiger partial charge in [-0.3, -0.25) is 5.10 Å². The van der Waals surface area contributed by atoms with Gasteiger partial charge in [0.15, 0.2) is 0 Å². The Morgan fingerprint density at radius 2 is 2.00 bits per heavy atom. The second kappa shape index (κ2) is 4.68. The van der Waals surface area contributed by atoms with E-state index in [-0.39, 0.29) is 0 Å². The average Bonchev–Trinajstić information content (AvgIpc) is 2.63. The molecule has 0 amide bonds. The number of halogens is 1. The topological polar surface area (TPSA) is 54.7 Å². The van der Waals surface area contributed by atoms with E-state index in [0.29, 0.717) is 6.54 Å². The Balaban J connectivity index is 2.37. The maximum Gasteiger partial charge on any atom is 0.0952 e. The Kier molecular flexibility index (Phi) is 3.27. The molecular formula is C12H14ClN3. The summed E-state index contributed by atoms with van der Waals surface area (Å²) >= 11 is 5.85. The van der Waals surface area contributed by atoms with Crippen molar-refractivity contribution in [3.63, 3.8) is 0 Å². The maximum absolute atomic E-state index is 5.85. The zero-order valence-electron chi connectivity index (χ0n) is 9.13. The number of aromatic nitrogens is 2. The van der Waals surface area contributed by atoms with Crippen LogP contribution in [0.5, 0.6) is 0 Å². The second-order valence-electron chi connectivity index (χ2n) is 3.72. The molecule has 0 unspecified atom stereocenters. The van der Waals surface area contributed by atoms with Crippen molar-refractivity contribution in [3.8, 4) is 11.3 Å². The van der Waals surface area contributed by atoms with Gasteiger partial charge in [-0.15, -0.1) is 0 Å². The van der Waals surface area contributed by atoms with E-state index in [4.69, 9.17) is 17.3 Å². The minimum atomic E-state index is 0.628. The molecule has 16 heavy (non-hydrogen) atoms. The lowest BCUT2D eigenvalue weighted by molar-refractivity contribution is 0.896. The van der Waals surface area contributed by atoms with Crippen molar-refractivity contribution in [2.24, 2.45) is 5.73 Å². The second-order valence-corrected chi connectivity index (χ2v) is 4.16. The molecule has 0 saturated carbocycles. The number of nitrogens with zero attached hydrogens (tertiary/aromatic N) is 1. The van der Waals surface area contributed by atoms with Crippen molar-refractivity contribution in [2.75, 3.05) is 6.54 Å². The van der Waals surface area contributed by atoms with Crippen LogP contribution in [0.4, 0.5) is 0 Å². The largest absolute Gasteiger partial charge is 0.330 e. The number of nitrogens with one attached hydrogen (secondary N) is 1. The van der Waals surface area contributed by atoms with Gasteiger partial charge in [-0.2, -0.15) is 5.10 Å². The normalized spacial score (nSPS) is 10.7. The maximum atomic E-state index is 5.85. The summed E-state index contributed by atoms with van der Waals surface area (Å²) < 4.78 is 0. The van der Waals surface area contributed by atoms with Crippen molar-refractivity contribution >= 4 is 11.6 Å². The van der Waals surface area contributed by atoms with Crippen molar-refractivity contribution in [1.29, 1.82) is 0 Å². The van der Waals surface area contributed by atoms with Crippen LogP contribution >= 0.6 is 11.6 Å². The SMILES string of the molecule is Cc1c(-c2ccc(Cl)cc2)n[nH]c1CCN. The molecule has 0 saturated heterocycles. The molecule has 0 atom stereocenters. The summed E-state index contributed by atoms with van der Waals surface area (Å²) in [7, 11) is 0. The smallest absolute Gasteiger partial charge is 0.0952 e. The summed E-state index contributed by atoms with van der Waals surface area (Å²) in [5.74, 6) is 0. The van der Waals surface area contributed by atoms with E-state index >= 15 is 0 Å². The summed E-state index contributed by atoms with van der Waals surface area (Å²) in [6.07, 6.45) is 0.826. The Hall–Kier alpha value is -1.32. The van der Waals surface area contributed by atoms with Gasteiger partial charge in [-0.1, -0.05) is 23.7 Å². The average molecular weight is 236 g/mol. The molecule has 0 spiro atoms. The third kappa shape index (κ3) is 2.10. The summed E-state index contributed by atoms with van der Waals surface area (Å²) in [6.45, 7) is 2.68. The third-order valence-electron chi connectivity index (χ3n) is 2.62. The van der Waals surface area contributed by atoms with E-state index in [2.05, 4.69) is 17.1 Å². The lowest BCUT2D eigenvalue weighted by atomic mass is 10.1. The first-order valence-corrected chi connectivity index (χ1v) is 5.60. The van der Waals surface area contributed by atoms with Crippen molar-refractivity contribution in [3.05, 3.63) is 40.5 Å². The fourth-order valence-electron chi connectivity index (χ4n) is 1.71. The monoisotopic (exact) mass is 235 g/mol. The van der Waals surface area contributed by atoms with Crippen LogP contribution in [0.25, 0.3) is 11.3 Å². The number of aromatic amines is 1. The highest BCUT2D eigenvalue weighted by atomic mass is 35.5. The number of nitrogens with two attached hydrogens (primary N) is 1. The fraction of sp³-hybridized carbons (Fsp3) is 0.250. The summed E-state index contributed by atoms with van der Waals surface area (Å²) in [6, 6.07) is 7.68. The van der Waals surface area contributed by atoms with Gasteiger partial charge in [0.1, 0.15) is 0 Å². The first-order chi connectivity index (χ1) is 7.72. The zero-order valence-corrected chi connectivity index (χ0v) is 9.88. The first kappa shape index (κ1) is 11.2. The predicted octanol–water partition coefficient (Wildman–Crippen LogP) is 2.54. The van der Waals surface area contributed by atoms with E-state index in [1.54, 1.807) is 0 Å². The third-order valence-corrected chi connectivity index (χ3v) is 2.87. The lowest BCUT2D eigenvalue weighted by Gasteiger charge is -1.99. The van der Waals surface area contributed by atoms with Crippen molar-refractivity contribution in [2.45, 2.75) is 13.3 Å². The molecule has 0 fully saturated rings. The molecule has 0 radical (unpaired) electrons. The number of hydrogen-bond donors (Lipinski definition) is 2.